The van der Waals surface area contributed by atoms with Crippen molar-refractivity contribution in [2.45, 2.75) is 19.3 Å². The fourth-order valence-corrected chi connectivity index (χ4v) is 5.15. The van der Waals surface area contributed by atoms with Crippen LogP contribution in [0.1, 0.15) is 19.3 Å². The summed E-state index contributed by atoms with van der Waals surface area (Å²) in [6.07, 6.45) is 5.78. The van der Waals surface area contributed by atoms with Crippen LogP contribution >= 0.6 is 20.6 Å². The third-order valence-electron chi connectivity index (χ3n) is 2.20. The van der Waals surface area contributed by atoms with E-state index in [1.807, 2.05) is 17.1 Å². The van der Waals surface area contributed by atoms with Gasteiger partial charge in [0.25, 0.3) is 0 Å². The van der Waals surface area contributed by atoms with Crippen LogP contribution in [0.25, 0.3) is 0 Å². The second-order valence-corrected chi connectivity index (χ2v) is 5.88. The summed E-state index contributed by atoms with van der Waals surface area (Å²) in [5.41, 5.74) is 3.02. The average molecular weight is 184 g/mol. The Balaban J connectivity index is 2.16. The molecule has 3 heteroatoms. The zero-order valence-electron chi connectivity index (χ0n) is 6.00. The molecule has 1 nitrogen and oxygen atoms in total. The minimum atomic E-state index is 0.0715. The Morgan fingerprint density at radius 1 is 1.36 bits per heavy atom. The molecule has 58 valence electrons. The van der Waals surface area contributed by atoms with Gasteiger partial charge in [0, 0.05) is 5.57 Å². The fourth-order valence-electron chi connectivity index (χ4n) is 1.66. The second kappa shape index (κ2) is 2.17. The van der Waals surface area contributed by atoms with Gasteiger partial charge in [0.05, 0.1) is 14.7 Å². The van der Waals surface area contributed by atoms with Crippen LogP contribution in [0.2, 0.25) is 0 Å². The van der Waals surface area contributed by atoms with Crippen molar-refractivity contribution in [3.63, 3.8) is 0 Å². The van der Waals surface area contributed by atoms with Crippen LogP contribution in [-0.4, -0.2) is 4.86 Å². The molecule has 1 atom stereocenters. The van der Waals surface area contributed by atoms with Gasteiger partial charge in [-0.3, -0.25) is 0 Å². The molecule has 1 fully saturated rings. The van der Waals surface area contributed by atoms with E-state index >= 15 is 0 Å². The summed E-state index contributed by atoms with van der Waals surface area (Å²) in [4.78, 5) is 1.53. The van der Waals surface area contributed by atoms with E-state index in [2.05, 4.69) is 5.41 Å². The van der Waals surface area contributed by atoms with Gasteiger partial charge in [-0.1, -0.05) is 0 Å². The van der Waals surface area contributed by atoms with E-state index in [0.717, 1.165) is 0 Å². The number of hydrogen-bond donors (Lipinski definition) is 0. The van der Waals surface area contributed by atoms with Crippen LogP contribution in [0, 0.1) is 0 Å². The maximum Gasteiger partial charge on any atom is 0.106 e. The van der Waals surface area contributed by atoms with E-state index in [1.54, 1.807) is 5.57 Å². The molecule has 0 saturated heterocycles. The van der Waals surface area contributed by atoms with Gasteiger partial charge < -0.3 is 4.18 Å². The average Bonchev–Trinajstić information content (AvgIpc) is 2.60. The van der Waals surface area contributed by atoms with Crippen molar-refractivity contribution in [1.29, 1.82) is 0 Å². The van der Waals surface area contributed by atoms with E-state index in [9.17, 15) is 0 Å². The molecule has 0 spiro atoms. The lowest BCUT2D eigenvalue weighted by Gasteiger charge is -2.13. The van der Waals surface area contributed by atoms with E-state index < -0.39 is 0 Å². The summed E-state index contributed by atoms with van der Waals surface area (Å²) in [5, 5.41) is 2.28. The van der Waals surface area contributed by atoms with Crippen LogP contribution in [-0.2, 0) is 4.18 Å². The third kappa shape index (κ3) is 0.783. The molecule has 11 heavy (non-hydrogen) atoms. The van der Waals surface area contributed by atoms with Crippen LogP contribution in [0.3, 0.4) is 0 Å². The molecule has 0 aromatic heterocycles. The van der Waals surface area contributed by atoms with Gasteiger partial charge in [-0.2, -0.15) is 0 Å². The Hall–Kier alpha value is -0.150. The second-order valence-electron chi connectivity index (χ2n) is 2.90. The van der Waals surface area contributed by atoms with Crippen molar-refractivity contribution in [2.24, 2.45) is 0 Å². The Kier molecular flexibility index (Phi) is 1.26. The Morgan fingerprint density at radius 3 is 3.27 bits per heavy atom. The summed E-state index contributed by atoms with van der Waals surface area (Å²) >= 11 is 0. The highest BCUT2D eigenvalue weighted by Gasteiger charge is 2.29. The molecular weight excluding hydrogens is 176 g/mol. The number of allylic oxidation sites excluding steroid dienone is 2. The van der Waals surface area contributed by atoms with E-state index in [0.29, 0.717) is 0 Å². The zero-order chi connectivity index (χ0) is 7.26. The molecule has 2 heterocycles. The topological polar surface area (TPSA) is 9.23 Å². The summed E-state index contributed by atoms with van der Waals surface area (Å²) < 4.78 is 5.53. The Labute approximate surface area is 72.0 Å². The first kappa shape index (κ1) is 6.38. The minimum Gasteiger partial charge on any atom is -0.430 e. The molecule has 1 unspecified atom stereocenters. The van der Waals surface area contributed by atoms with E-state index in [4.69, 9.17) is 4.18 Å². The van der Waals surface area contributed by atoms with Gasteiger partial charge in [0.2, 0.25) is 0 Å². The maximum absolute atomic E-state index is 5.53. The van der Waals surface area contributed by atoms with Crippen LogP contribution < -0.4 is 0 Å². The Bertz CT molecular complexity index is 284. The smallest absolute Gasteiger partial charge is 0.106 e. The molecule has 0 amide bonds. The highest BCUT2D eigenvalue weighted by Crippen LogP contribution is 2.51. The first-order chi connectivity index (χ1) is 5.45. The third-order valence-corrected chi connectivity index (χ3v) is 5.43. The quantitative estimate of drug-likeness (QED) is 0.423. The molecule has 0 aromatic rings. The largest absolute Gasteiger partial charge is 0.430 e. The molecular formula is C8H8OS2. The lowest BCUT2D eigenvalue weighted by Crippen LogP contribution is -2.07. The van der Waals surface area contributed by atoms with Crippen molar-refractivity contribution >= 4 is 25.5 Å². The highest BCUT2D eigenvalue weighted by atomic mass is 33.1. The fraction of sp³-hybridized carbons (Fsp3) is 0.375. The van der Waals surface area contributed by atoms with Crippen LogP contribution in [0.15, 0.2) is 22.8 Å². The molecule has 1 saturated carbocycles. The molecule has 2 aliphatic heterocycles. The first-order valence-electron chi connectivity index (χ1n) is 3.79. The predicted octanol–water partition coefficient (Wildman–Crippen LogP) is 2.99. The molecule has 0 radical (unpaired) electrons. The molecule has 3 rings (SSSR count). The first-order valence-corrected chi connectivity index (χ1v) is 6.34. The van der Waals surface area contributed by atoms with Crippen molar-refractivity contribution < 1.29 is 4.18 Å². The monoisotopic (exact) mass is 184 g/mol. The molecule has 3 aliphatic rings. The van der Waals surface area contributed by atoms with Crippen LogP contribution in [0.5, 0.6) is 0 Å². The lowest BCUT2D eigenvalue weighted by molar-refractivity contribution is 0.569. The zero-order valence-corrected chi connectivity index (χ0v) is 7.63. The number of hydrogen-bond acceptors (Lipinski definition) is 2. The predicted molar refractivity (Wildman–Crippen MR) is 51.3 cm³/mol. The van der Waals surface area contributed by atoms with Gasteiger partial charge in [0.1, 0.15) is 6.26 Å². The summed E-state index contributed by atoms with van der Waals surface area (Å²) in [5.74, 6) is 0. The lowest BCUT2D eigenvalue weighted by atomic mass is 9.92. The molecule has 1 aliphatic carbocycles. The molecule has 0 aromatic carbocycles. The SMILES string of the molecule is C1=C2CCCC3=CSS(=C23)O1. The summed E-state index contributed by atoms with van der Waals surface area (Å²) in [7, 11) is 1.92. The summed E-state index contributed by atoms with van der Waals surface area (Å²) in [6.45, 7) is 0. The molecule has 0 bridgehead atoms. The highest BCUT2D eigenvalue weighted by molar-refractivity contribution is 8.83. The normalized spacial score (nSPS) is 32.7. The van der Waals surface area contributed by atoms with Gasteiger partial charge in [-0.05, 0) is 41.0 Å². The van der Waals surface area contributed by atoms with Gasteiger partial charge in [-0.25, -0.2) is 0 Å². The standard InChI is InChI=1S/C8H8OS2/c1-2-6-4-9-11-8(6)7(3-1)5-10-11/h4-5H,1-3H2. The van der Waals surface area contributed by atoms with Gasteiger partial charge >= 0.3 is 0 Å². The van der Waals surface area contributed by atoms with Gasteiger partial charge in [0.15, 0.2) is 0 Å². The van der Waals surface area contributed by atoms with E-state index in [1.165, 1.54) is 29.7 Å². The molecule has 0 N–H and O–H groups in total. The van der Waals surface area contributed by atoms with Crippen LogP contribution in [0.4, 0.5) is 0 Å². The van der Waals surface area contributed by atoms with E-state index in [-0.39, 0.29) is 9.80 Å². The van der Waals surface area contributed by atoms with Gasteiger partial charge in [-0.15, -0.1) is 0 Å². The minimum absolute atomic E-state index is 0.0715. The van der Waals surface area contributed by atoms with Crippen molar-refractivity contribution in [3.8, 4) is 0 Å². The van der Waals surface area contributed by atoms with Crippen molar-refractivity contribution in [2.75, 3.05) is 0 Å². The number of rotatable bonds is 0. The summed E-state index contributed by atoms with van der Waals surface area (Å²) in [6, 6.07) is 0. The Morgan fingerprint density at radius 2 is 2.27 bits per heavy atom. The maximum atomic E-state index is 5.53. The van der Waals surface area contributed by atoms with Crippen molar-refractivity contribution in [3.05, 3.63) is 22.8 Å². The van der Waals surface area contributed by atoms with Crippen molar-refractivity contribution in [1.82, 2.24) is 0 Å².